The van der Waals surface area contributed by atoms with E-state index in [0.717, 1.165) is 16.5 Å². The van der Waals surface area contributed by atoms with E-state index < -0.39 is 22.6 Å². The molecule has 0 aliphatic carbocycles. The highest BCUT2D eigenvalue weighted by Gasteiger charge is 2.25. The maximum atomic E-state index is 12.6. The Morgan fingerprint density at radius 3 is 2.70 bits per heavy atom. The van der Waals surface area contributed by atoms with Gasteiger partial charge in [-0.3, -0.25) is 9.10 Å². The third-order valence-electron chi connectivity index (χ3n) is 5.06. The number of nitrogens with one attached hydrogen (secondary N) is 1. The lowest BCUT2D eigenvalue weighted by molar-refractivity contribution is 0.0469. The molecule has 0 fully saturated rings. The highest BCUT2D eigenvalue weighted by molar-refractivity contribution is 9.10. The third-order valence-corrected chi connectivity index (χ3v) is 7.06. The molecule has 0 unspecified atom stereocenters. The Balaban J connectivity index is 1.49. The first kappa shape index (κ1) is 20.6. The molecular formula is C21H19BrN2O5S. The number of benzene rings is 2. The molecule has 0 saturated carbocycles. The van der Waals surface area contributed by atoms with Crippen molar-refractivity contribution in [2.45, 2.75) is 12.8 Å². The van der Waals surface area contributed by atoms with Crippen LogP contribution in [0.2, 0.25) is 0 Å². The second kappa shape index (κ2) is 7.88. The minimum Gasteiger partial charge on any atom is -0.453 e. The molecule has 2 heterocycles. The van der Waals surface area contributed by atoms with E-state index in [0.29, 0.717) is 35.1 Å². The number of H-pyrrole nitrogens is 1. The van der Waals surface area contributed by atoms with Crippen LogP contribution in [0.5, 0.6) is 0 Å². The molecule has 4 rings (SSSR count). The van der Waals surface area contributed by atoms with Gasteiger partial charge in [0.15, 0.2) is 12.4 Å². The fourth-order valence-electron chi connectivity index (χ4n) is 3.62. The monoisotopic (exact) mass is 490 g/mol. The number of ether oxygens (including phenoxy) is 1. The molecule has 1 N–H and O–H groups in total. The molecule has 0 amide bonds. The van der Waals surface area contributed by atoms with Gasteiger partial charge in [-0.2, -0.15) is 0 Å². The highest BCUT2D eigenvalue weighted by atomic mass is 79.9. The third kappa shape index (κ3) is 3.87. The molecule has 0 radical (unpaired) electrons. The molecule has 30 heavy (non-hydrogen) atoms. The summed E-state index contributed by atoms with van der Waals surface area (Å²) in [5.41, 5.74) is 2.81. The Bertz CT molecular complexity index is 1270. The average molecular weight is 491 g/mol. The minimum atomic E-state index is -3.37. The number of hydrogen-bond donors (Lipinski definition) is 1. The van der Waals surface area contributed by atoms with E-state index in [9.17, 15) is 18.0 Å². The van der Waals surface area contributed by atoms with Crippen molar-refractivity contribution in [2.24, 2.45) is 0 Å². The summed E-state index contributed by atoms with van der Waals surface area (Å²) in [6.45, 7) is 0.0192. The number of esters is 1. The minimum absolute atomic E-state index is 0.248. The Morgan fingerprint density at radius 2 is 1.97 bits per heavy atom. The maximum absolute atomic E-state index is 12.6. The molecule has 0 atom stereocenters. The first-order valence-corrected chi connectivity index (χ1v) is 12.0. The number of hydrogen-bond acceptors (Lipinski definition) is 5. The first-order valence-electron chi connectivity index (χ1n) is 9.33. The lowest BCUT2D eigenvalue weighted by Gasteiger charge is -2.29. The smallest absolute Gasteiger partial charge is 0.356 e. The van der Waals surface area contributed by atoms with E-state index in [2.05, 4.69) is 20.9 Å². The standard InChI is InChI=1S/C21H19BrN2O5S/c1-30(27,28)24-10-4-5-13-11-14(8-9-17(13)24)18(25)12-29-21(26)20-19(22)15-6-2-3-7-16(15)23-20/h2-3,6-9,11,23H,4-5,10,12H2,1H3. The van der Waals surface area contributed by atoms with E-state index in [-0.39, 0.29) is 11.5 Å². The van der Waals surface area contributed by atoms with Crippen LogP contribution in [0.15, 0.2) is 46.9 Å². The van der Waals surface area contributed by atoms with Crippen molar-refractivity contribution in [1.82, 2.24) is 4.98 Å². The van der Waals surface area contributed by atoms with Crippen LogP contribution in [0, 0.1) is 0 Å². The van der Waals surface area contributed by atoms with Crippen LogP contribution in [-0.2, 0) is 21.2 Å². The van der Waals surface area contributed by atoms with E-state index in [1.165, 1.54) is 10.6 Å². The second-order valence-corrected chi connectivity index (χ2v) is 9.84. The van der Waals surface area contributed by atoms with Gasteiger partial charge in [0.25, 0.3) is 0 Å². The van der Waals surface area contributed by atoms with Gasteiger partial charge in [-0.15, -0.1) is 0 Å². The molecule has 0 saturated heterocycles. The average Bonchev–Trinajstić information content (AvgIpc) is 3.07. The number of para-hydroxylation sites is 1. The number of sulfonamides is 1. The Kier molecular flexibility index (Phi) is 5.42. The molecule has 1 aliphatic heterocycles. The van der Waals surface area contributed by atoms with Crippen molar-refractivity contribution in [3.05, 3.63) is 63.8 Å². The zero-order valence-corrected chi connectivity index (χ0v) is 18.5. The van der Waals surface area contributed by atoms with E-state index in [4.69, 9.17) is 4.74 Å². The normalized spacial score (nSPS) is 13.9. The zero-order chi connectivity index (χ0) is 21.5. The quantitative estimate of drug-likeness (QED) is 0.434. The predicted octanol–water partition coefficient (Wildman–Crippen LogP) is 3.68. The number of ketones is 1. The number of Topliss-reactive ketones (excluding diaryl/α,β-unsaturated/α-hetero) is 1. The summed E-state index contributed by atoms with van der Waals surface area (Å²) >= 11 is 3.40. The zero-order valence-electron chi connectivity index (χ0n) is 16.1. The van der Waals surface area contributed by atoms with Gasteiger partial charge in [0.05, 0.1) is 16.4 Å². The number of halogens is 1. The summed E-state index contributed by atoms with van der Waals surface area (Å²) in [5.74, 6) is -0.984. The molecule has 0 spiro atoms. The van der Waals surface area contributed by atoms with Gasteiger partial charge in [-0.05, 0) is 58.6 Å². The predicted molar refractivity (Wildman–Crippen MR) is 118 cm³/mol. The lowest BCUT2D eigenvalue weighted by Crippen LogP contribution is -2.34. The summed E-state index contributed by atoms with van der Waals surface area (Å²) < 4.78 is 31.1. The molecule has 7 nitrogen and oxygen atoms in total. The summed E-state index contributed by atoms with van der Waals surface area (Å²) in [4.78, 5) is 28.0. The van der Waals surface area contributed by atoms with Crippen LogP contribution < -0.4 is 4.31 Å². The van der Waals surface area contributed by atoms with Crippen LogP contribution >= 0.6 is 15.9 Å². The summed E-state index contributed by atoms with van der Waals surface area (Å²) in [5, 5.41) is 0.848. The van der Waals surface area contributed by atoms with Crippen LogP contribution in [0.4, 0.5) is 5.69 Å². The molecule has 0 bridgehead atoms. The Labute approximate surface area is 182 Å². The second-order valence-electron chi connectivity index (χ2n) is 7.14. The number of nitrogens with zero attached hydrogens (tertiary/aromatic N) is 1. The van der Waals surface area contributed by atoms with Crippen molar-refractivity contribution >= 4 is 54.3 Å². The highest BCUT2D eigenvalue weighted by Crippen LogP contribution is 2.30. The number of fused-ring (bicyclic) bond motifs is 2. The van der Waals surface area contributed by atoms with Crippen molar-refractivity contribution in [1.29, 1.82) is 0 Å². The summed E-state index contributed by atoms with van der Waals surface area (Å²) in [7, 11) is -3.37. The van der Waals surface area contributed by atoms with E-state index in [1.807, 2.05) is 24.3 Å². The molecule has 1 aromatic heterocycles. The number of carbonyl (C=O) groups is 2. The van der Waals surface area contributed by atoms with Crippen molar-refractivity contribution in [3.63, 3.8) is 0 Å². The molecule has 2 aromatic carbocycles. The van der Waals surface area contributed by atoms with Crippen molar-refractivity contribution in [2.75, 3.05) is 23.7 Å². The fraction of sp³-hybridized carbons (Fsp3) is 0.238. The molecule has 1 aliphatic rings. The SMILES string of the molecule is CS(=O)(=O)N1CCCc2cc(C(=O)COC(=O)c3[nH]c4ccccc4c3Br)ccc21. The Morgan fingerprint density at radius 1 is 1.20 bits per heavy atom. The summed E-state index contributed by atoms with van der Waals surface area (Å²) in [6.07, 6.45) is 2.54. The van der Waals surface area contributed by atoms with Gasteiger partial charge in [0.2, 0.25) is 10.0 Å². The van der Waals surface area contributed by atoms with Crippen LogP contribution in [0.1, 0.15) is 32.8 Å². The number of anilines is 1. The van der Waals surface area contributed by atoms with Gasteiger partial charge in [-0.25, -0.2) is 13.2 Å². The Hall–Kier alpha value is -2.65. The number of rotatable bonds is 5. The van der Waals surface area contributed by atoms with Gasteiger partial charge < -0.3 is 9.72 Å². The molecular weight excluding hydrogens is 472 g/mol. The molecule has 9 heteroatoms. The van der Waals surface area contributed by atoms with Gasteiger partial charge >= 0.3 is 5.97 Å². The fourth-order valence-corrected chi connectivity index (χ4v) is 5.22. The molecule has 156 valence electrons. The largest absolute Gasteiger partial charge is 0.453 e. The van der Waals surface area contributed by atoms with Gasteiger partial charge in [0.1, 0.15) is 5.69 Å². The van der Waals surface area contributed by atoms with Crippen LogP contribution in [0.25, 0.3) is 10.9 Å². The van der Waals surface area contributed by atoms with Gasteiger partial charge in [0, 0.05) is 23.0 Å². The van der Waals surface area contributed by atoms with E-state index in [1.54, 1.807) is 18.2 Å². The first-order chi connectivity index (χ1) is 14.3. The van der Waals surface area contributed by atoms with Crippen molar-refractivity contribution < 1.29 is 22.7 Å². The number of aryl methyl sites for hydroxylation is 1. The lowest BCUT2D eigenvalue weighted by atomic mass is 9.99. The number of carbonyl (C=O) groups excluding carboxylic acids is 2. The van der Waals surface area contributed by atoms with Crippen LogP contribution in [-0.4, -0.2) is 44.6 Å². The molecule has 3 aromatic rings. The van der Waals surface area contributed by atoms with E-state index >= 15 is 0 Å². The van der Waals surface area contributed by atoms with Crippen LogP contribution in [0.3, 0.4) is 0 Å². The topological polar surface area (TPSA) is 96.5 Å². The van der Waals surface area contributed by atoms with Crippen molar-refractivity contribution in [3.8, 4) is 0 Å². The van der Waals surface area contributed by atoms with Gasteiger partial charge in [-0.1, -0.05) is 18.2 Å². The number of aromatic nitrogens is 1. The summed E-state index contributed by atoms with van der Waals surface area (Å²) in [6, 6.07) is 12.3. The maximum Gasteiger partial charge on any atom is 0.356 e. The number of aromatic amines is 1.